The quantitative estimate of drug-likeness (QED) is 0.582. The lowest BCUT2D eigenvalue weighted by Gasteiger charge is -1.94. The predicted molar refractivity (Wildman–Crippen MR) is 78.8 cm³/mol. The van der Waals surface area contributed by atoms with Gasteiger partial charge in [-0.25, -0.2) is 0 Å². The van der Waals surface area contributed by atoms with Crippen molar-refractivity contribution < 1.29 is 4.79 Å². The van der Waals surface area contributed by atoms with Crippen molar-refractivity contribution >= 4 is 51.0 Å². The molecule has 0 aromatic carbocycles. The van der Waals surface area contributed by atoms with E-state index in [0.29, 0.717) is 6.42 Å². The topological polar surface area (TPSA) is 17.1 Å². The van der Waals surface area contributed by atoms with E-state index in [0.717, 1.165) is 12.0 Å². The molecule has 1 nitrogen and oxygen atoms in total. The Bertz CT molecular complexity index is 499. The number of hydrogen-bond acceptors (Lipinski definition) is 3. The first-order chi connectivity index (χ1) is 7.69. The van der Waals surface area contributed by atoms with Crippen LogP contribution in [0.4, 0.5) is 0 Å². The molecular weight excluding hydrogens is 351 g/mol. The molecule has 2 aromatic heterocycles. The van der Waals surface area contributed by atoms with Crippen LogP contribution in [0.15, 0.2) is 23.6 Å². The van der Waals surface area contributed by atoms with Gasteiger partial charge in [0.1, 0.15) is 0 Å². The van der Waals surface area contributed by atoms with E-state index in [1.807, 2.05) is 11.4 Å². The second kappa shape index (κ2) is 5.42. The molecule has 2 aromatic rings. The van der Waals surface area contributed by atoms with E-state index in [9.17, 15) is 4.79 Å². The summed E-state index contributed by atoms with van der Waals surface area (Å²) in [5, 5.41) is 1.94. The molecule has 0 fully saturated rings. The average molecular weight is 362 g/mol. The summed E-state index contributed by atoms with van der Waals surface area (Å²) in [6.45, 7) is 2.14. The molecular formula is C12H11IOS2. The highest BCUT2D eigenvalue weighted by molar-refractivity contribution is 14.1. The lowest BCUT2D eigenvalue weighted by molar-refractivity contribution is 0.0994. The van der Waals surface area contributed by atoms with Crippen molar-refractivity contribution in [3.63, 3.8) is 0 Å². The summed E-state index contributed by atoms with van der Waals surface area (Å²) in [5.41, 5.74) is 0.848. The Morgan fingerprint density at radius 3 is 2.69 bits per heavy atom. The third-order valence-electron chi connectivity index (χ3n) is 2.29. The SMILES string of the molecule is CCc1ccc(CC(=O)c2csc(I)c2)s1. The zero-order valence-electron chi connectivity index (χ0n) is 8.83. The molecule has 84 valence electrons. The summed E-state index contributed by atoms with van der Waals surface area (Å²) in [5.74, 6) is 0.226. The number of aryl methyl sites for hydroxylation is 1. The van der Waals surface area contributed by atoms with E-state index in [4.69, 9.17) is 0 Å². The molecule has 0 bridgehead atoms. The number of carbonyl (C=O) groups excluding carboxylic acids is 1. The van der Waals surface area contributed by atoms with Gasteiger partial charge in [-0.2, -0.15) is 0 Å². The number of halogens is 1. The van der Waals surface area contributed by atoms with Crippen LogP contribution in [0, 0.1) is 2.88 Å². The van der Waals surface area contributed by atoms with Gasteiger partial charge in [0.25, 0.3) is 0 Å². The minimum atomic E-state index is 0.226. The average Bonchev–Trinajstić information content (AvgIpc) is 2.87. The zero-order chi connectivity index (χ0) is 11.5. The van der Waals surface area contributed by atoms with Gasteiger partial charge in [0.2, 0.25) is 0 Å². The number of rotatable bonds is 4. The smallest absolute Gasteiger partial charge is 0.168 e. The van der Waals surface area contributed by atoms with E-state index in [1.54, 1.807) is 22.7 Å². The van der Waals surface area contributed by atoms with E-state index < -0.39 is 0 Å². The van der Waals surface area contributed by atoms with Gasteiger partial charge >= 0.3 is 0 Å². The highest BCUT2D eigenvalue weighted by Gasteiger charge is 2.10. The Morgan fingerprint density at radius 1 is 1.38 bits per heavy atom. The molecule has 0 radical (unpaired) electrons. The number of Topliss-reactive ketones (excluding diaryl/α,β-unsaturated/α-hetero) is 1. The van der Waals surface area contributed by atoms with Crippen LogP contribution in [0.25, 0.3) is 0 Å². The maximum Gasteiger partial charge on any atom is 0.168 e. The summed E-state index contributed by atoms with van der Waals surface area (Å²) >= 11 is 5.61. The van der Waals surface area contributed by atoms with Gasteiger partial charge in [0.05, 0.1) is 2.88 Å². The molecule has 2 rings (SSSR count). The third-order valence-corrected chi connectivity index (χ3v) is 5.31. The summed E-state index contributed by atoms with van der Waals surface area (Å²) in [7, 11) is 0. The highest BCUT2D eigenvalue weighted by Crippen LogP contribution is 2.21. The van der Waals surface area contributed by atoms with Crippen molar-refractivity contribution in [3.05, 3.63) is 41.8 Å². The summed E-state index contributed by atoms with van der Waals surface area (Å²) in [6.07, 6.45) is 1.59. The van der Waals surface area contributed by atoms with Crippen LogP contribution >= 0.6 is 45.3 Å². The van der Waals surface area contributed by atoms with Gasteiger partial charge in [0.15, 0.2) is 5.78 Å². The van der Waals surface area contributed by atoms with Crippen LogP contribution in [0.5, 0.6) is 0 Å². The summed E-state index contributed by atoms with van der Waals surface area (Å²) < 4.78 is 1.17. The zero-order valence-corrected chi connectivity index (χ0v) is 12.6. The Hall–Kier alpha value is -0.200. The number of ketones is 1. The molecule has 0 amide bonds. The first-order valence-electron chi connectivity index (χ1n) is 5.04. The van der Waals surface area contributed by atoms with E-state index in [-0.39, 0.29) is 5.78 Å². The van der Waals surface area contributed by atoms with Crippen LogP contribution in [0.1, 0.15) is 27.0 Å². The molecule has 0 aliphatic rings. The minimum absolute atomic E-state index is 0.226. The molecule has 0 atom stereocenters. The summed E-state index contributed by atoms with van der Waals surface area (Å²) in [6, 6.07) is 6.14. The molecule has 16 heavy (non-hydrogen) atoms. The monoisotopic (exact) mass is 362 g/mol. The van der Waals surface area contributed by atoms with E-state index in [1.165, 1.54) is 12.6 Å². The first kappa shape index (κ1) is 12.3. The molecule has 0 aliphatic carbocycles. The van der Waals surface area contributed by atoms with Crippen molar-refractivity contribution in [2.75, 3.05) is 0 Å². The second-order valence-electron chi connectivity index (χ2n) is 3.46. The Kier molecular flexibility index (Phi) is 4.16. The standard InChI is InChI=1S/C12H11IOS2/c1-2-9-3-4-10(16-9)6-11(14)8-5-12(13)15-7-8/h3-5,7H,2,6H2,1H3. The van der Waals surface area contributed by atoms with Gasteiger partial charge in [-0.1, -0.05) is 6.92 Å². The maximum atomic E-state index is 11.9. The second-order valence-corrected chi connectivity index (χ2v) is 7.52. The molecule has 0 spiro atoms. The lowest BCUT2D eigenvalue weighted by atomic mass is 10.1. The molecule has 0 saturated carbocycles. The van der Waals surface area contributed by atoms with E-state index >= 15 is 0 Å². The van der Waals surface area contributed by atoms with E-state index in [2.05, 4.69) is 41.6 Å². The Balaban J connectivity index is 2.07. The highest BCUT2D eigenvalue weighted by atomic mass is 127. The van der Waals surface area contributed by atoms with Crippen LogP contribution in [0.2, 0.25) is 0 Å². The van der Waals surface area contributed by atoms with Crippen molar-refractivity contribution in [1.82, 2.24) is 0 Å². The van der Waals surface area contributed by atoms with Crippen LogP contribution < -0.4 is 0 Å². The van der Waals surface area contributed by atoms with Gasteiger partial charge in [-0.3, -0.25) is 4.79 Å². The van der Waals surface area contributed by atoms with Crippen LogP contribution in [0.3, 0.4) is 0 Å². The number of hydrogen-bond donors (Lipinski definition) is 0. The van der Waals surface area contributed by atoms with Crippen molar-refractivity contribution in [1.29, 1.82) is 0 Å². The fourth-order valence-electron chi connectivity index (χ4n) is 1.42. The van der Waals surface area contributed by atoms with Gasteiger partial charge < -0.3 is 0 Å². The molecule has 0 unspecified atom stereocenters. The summed E-state index contributed by atoms with van der Waals surface area (Å²) in [4.78, 5) is 14.5. The minimum Gasteiger partial charge on any atom is -0.294 e. The van der Waals surface area contributed by atoms with Gasteiger partial charge in [0, 0.05) is 27.1 Å². The van der Waals surface area contributed by atoms with Crippen molar-refractivity contribution in [3.8, 4) is 0 Å². The van der Waals surface area contributed by atoms with Crippen molar-refractivity contribution in [2.45, 2.75) is 19.8 Å². The fraction of sp³-hybridized carbons (Fsp3) is 0.250. The van der Waals surface area contributed by atoms with Crippen LogP contribution in [-0.2, 0) is 12.8 Å². The fourth-order valence-corrected chi connectivity index (χ4v) is 3.73. The van der Waals surface area contributed by atoms with Gasteiger partial charge in [-0.05, 0) is 47.2 Å². The molecule has 2 heterocycles. The molecule has 0 N–H and O–H groups in total. The molecule has 4 heteroatoms. The first-order valence-corrected chi connectivity index (χ1v) is 7.81. The lowest BCUT2D eigenvalue weighted by Crippen LogP contribution is -1.99. The van der Waals surface area contributed by atoms with Crippen molar-refractivity contribution in [2.24, 2.45) is 0 Å². The Morgan fingerprint density at radius 2 is 2.12 bits per heavy atom. The molecule has 0 saturated heterocycles. The predicted octanol–water partition coefficient (Wildman–Crippen LogP) is 4.40. The number of carbonyl (C=O) groups is 1. The van der Waals surface area contributed by atoms with Crippen LogP contribution in [-0.4, -0.2) is 5.78 Å². The third kappa shape index (κ3) is 2.93. The van der Waals surface area contributed by atoms with Gasteiger partial charge in [-0.15, -0.1) is 22.7 Å². The normalized spacial score (nSPS) is 10.6. The Labute approximate surface area is 117 Å². The number of thiophene rings is 2. The largest absolute Gasteiger partial charge is 0.294 e. The molecule has 0 aliphatic heterocycles. The maximum absolute atomic E-state index is 11.9.